The Balaban J connectivity index is 1.42. The number of halogens is 1. The third-order valence-electron chi connectivity index (χ3n) is 3.46. The van der Waals surface area contributed by atoms with E-state index in [4.69, 9.17) is 23.5 Å². The Kier molecular flexibility index (Phi) is 6.40. The monoisotopic (exact) mass is 388 g/mol. The van der Waals surface area contributed by atoms with Crippen LogP contribution in [0.15, 0.2) is 53.1 Å². The molecule has 0 spiro atoms. The van der Waals surface area contributed by atoms with Crippen LogP contribution < -0.4 is 14.2 Å². The lowest BCUT2D eigenvalue weighted by Crippen LogP contribution is -2.15. The van der Waals surface area contributed by atoms with Crippen molar-refractivity contribution in [3.05, 3.63) is 66.1 Å². The summed E-state index contributed by atoms with van der Waals surface area (Å²) in [5.41, 5.74) is 0. The van der Waals surface area contributed by atoms with Gasteiger partial charge in [-0.3, -0.25) is 0 Å². The lowest BCUT2D eigenvalue weighted by atomic mass is 10.3. The van der Waals surface area contributed by atoms with Crippen LogP contribution in [0, 0.1) is 5.82 Å². The highest BCUT2D eigenvalue weighted by molar-refractivity contribution is 5.71. The number of carbonyl (C=O) groups excluding carboxylic acids is 1. The summed E-state index contributed by atoms with van der Waals surface area (Å²) < 4.78 is 38.8. The fourth-order valence-electron chi connectivity index (χ4n) is 2.14. The maximum absolute atomic E-state index is 12.8. The summed E-state index contributed by atoms with van der Waals surface area (Å²) in [6, 6.07) is 12.5. The Hall–Kier alpha value is -3.62. The van der Waals surface area contributed by atoms with E-state index in [0.29, 0.717) is 17.2 Å². The fourth-order valence-corrected chi connectivity index (χ4v) is 2.14. The summed E-state index contributed by atoms with van der Waals surface area (Å²) in [7, 11) is 1.51. The van der Waals surface area contributed by atoms with Gasteiger partial charge < -0.3 is 23.5 Å². The Morgan fingerprint density at radius 1 is 1.04 bits per heavy atom. The minimum Gasteiger partial charge on any atom is -0.493 e. The molecule has 1 aromatic heterocycles. The van der Waals surface area contributed by atoms with Gasteiger partial charge in [0, 0.05) is 0 Å². The number of esters is 1. The van der Waals surface area contributed by atoms with Crippen molar-refractivity contribution in [2.45, 2.75) is 13.2 Å². The number of methoxy groups -OCH3 is 1. The molecule has 9 heteroatoms. The second-order valence-corrected chi connectivity index (χ2v) is 5.45. The van der Waals surface area contributed by atoms with Gasteiger partial charge in [0.25, 0.3) is 5.89 Å². The Labute approximate surface area is 159 Å². The molecule has 0 amide bonds. The Bertz CT molecular complexity index is 913. The van der Waals surface area contributed by atoms with Crippen LogP contribution in [0.5, 0.6) is 17.2 Å². The molecule has 8 nitrogen and oxygen atoms in total. The molecular weight excluding hydrogens is 371 g/mol. The maximum Gasteiger partial charge on any atom is 0.344 e. The first-order chi connectivity index (χ1) is 13.6. The van der Waals surface area contributed by atoms with Gasteiger partial charge in [-0.1, -0.05) is 17.3 Å². The van der Waals surface area contributed by atoms with Gasteiger partial charge in [-0.25, -0.2) is 9.18 Å². The summed E-state index contributed by atoms with van der Waals surface area (Å²) >= 11 is 0. The van der Waals surface area contributed by atoms with Crippen LogP contribution in [0.1, 0.15) is 11.7 Å². The standard InChI is InChI=1S/C19H17FN2O6/c1-24-15-4-2-3-5-16(15)26-12-19(23)27-11-18-21-17(22-28-18)10-25-14-8-6-13(20)7-9-14/h2-9H,10-12H2,1H3. The highest BCUT2D eigenvalue weighted by Crippen LogP contribution is 2.25. The first-order valence-corrected chi connectivity index (χ1v) is 8.25. The van der Waals surface area contributed by atoms with Crippen molar-refractivity contribution < 1.29 is 32.7 Å². The van der Waals surface area contributed by atoms with Crippen LogP contribution in [0.25, 0.3) is 0 Å². The Morgan fingerprint density at radius 3 is 2.54 bits per heavy atom. The summed E-state index contributed by atoms with van der Waals surface area (Å²) in [4.78, 5) is 15.8. The number of benzene rings is 2. The molecule has 1 heterocycles. The van der Waals surface area contributed by atoms with Crippen LogP contribution in [0.3, 0.4) is 0 Å². The zero-order valence-corrected chi connectivity index (χ0v) is 15.0. The molecule has 146 valence electrons. The molecular formula is C19H17FN2O6. The molecule has 0 aliphatic heterocycles. The average Bonchev–Trinajstić information content (AvgIpc) is 3.18. The zero-order chi connectivity index (χ0) is 19.8. The Morgan fingerprint density at radius 2 is 1.79 bits per heavy atom. The van der Waals surface area contributed by atoms with E-state index in [1.54, 1.807) is 24.3 Å². The van der Waals surface area contributed by atoms with E-state index in [1.165, 1.54) is 31.4 Å². The molecule has 3 rings (SSSR count). The third-order valence-corrected chi connectivity index (χ3v) is 3.46. The number of hydrogen-bond donors (Lipinski definition) is 0. The summed E-state index contributed by atoms with van der Waals surface area (Å²) in [5, 5.41) is 3.72. The van der Waals surface area contributed by atoms with Gasteiger partial charge in [0.15, 0.2) is 31.3 Å². The van der Waals surface area contributed by atoms with Crippen molar-refractivity contribution in [2.75, 3.05) is 13.7 Å². The van der Waals surface area contributed by atoms with E-state index in [0.717, 1.165) is 0 Å². The number of rotatable bonds is 9. The number of ether oxygens (including phenoxy) is 4. The summed E-state index contributed by atoms with van der Waals surface area (Å²) in [5.74, 6) is 0.827. The molecule has 0 atom stereocenters. The lowest BCUT2D eigenvalue weighted by Gasteiger charge is -2.09. The first kappa shape index (κ1) is 19.2. The lowest BCUT2D eigenvalue weighted by molar-refractivity contribution is -0.148. The maximum atomic E-state index is 12.8. The molecule has 28 heavy (non-hydrogen) atoms. The van der Waals surface area contributed by atoms with Gasteiger partial charge in [0.05, 0.1) is 7.11 Å². The average molecular weight is 388 g/mol. The smallest absolute Gasteiger partial charge is 0.344 e. The quantitative estimate of drug-likeness (QED) is 0.517. The van der Waals surface area contributed by atoms with E-state index < -0.39 is 5.97 Å². The molecule has 0 aliphatic carbocycles. The molecule has 0 radical (unpaired) electrons. The topological polar surface area (TPSA) is 92.9 Å². The number of para-hydroxylation sites is 2. The van der Waals surface area contributed by atoms with Crippen molar-refractivity contribution in [3.8, 4) is 17.2 Å². The molecule has 0 N–H and O–H groups in total. The minimum absolute atomic E-state index is 0.0278. The highest BCUT2D eigenvalue weighted by Gasteiger charge is 2.12. The summed E-state index contributed by atoms with van der Waals surface area (Å²) in [6.45, 7) is -0.466. The highest BCUT2D eigenvalue weighted by atomic mass is 19.1. The fraction of sp³-hybridized carbons (Fsp3) is 0.211. The second kappa shape index (κ2) is 9.36. The third kappa shape index (κ3) is 5.44. The van der Waals surface area contributed by atoms with Gasteiger partial charge in [0.1, 0.15) is 11.6 Å². The molecule has 0 unspecified atom stereocenters. The predicted octanol–water partition coefficient (Wildman–Crippen LogP) is 2.92. The number of hydrogen-bond acceptors (Lipinski definition) is 8. The van der Waals surface area contributed by atoms with Gasteiger partial charge in [0.2, 0.25) is 5.82 Å². The van der Waals surface area contributed by atoms with Crippen molar-refractivity contribution in [1.82, 2.24) is 10.1 Å². The van der Waals surface area contributed by atoms with Crippen LogP contribution in [-0.4, -0.2) is 29.8 Å². The van der Waals surface area contributed by atoms with Gasteiger partial charge >= 0.3 is 5.97 Å². The van der Waals surface area contributed by atoms with E-state index >= 15 is 0 Å². The van der Waals surface area contributed by atoms with E-state index in [9.17, 15) is 9.18 Å². The first-order valence-electron chi connectivity index (χ1n) is 8.25. The molecule has 0 bridgehead atoms. The normalized spacial score (nSPS) is 10.4. The van der Waals surface area contributed by atoms with Gasteiger partial charge in [-0.15, -0.1) is 0 Å². The molecule has 3 aromatic rings. The molecule has 0 aliphatic rings. The van der Waals surface area contributed by atoms with Crippen LogP contribution >= 0.6 is 0 Å². The van der Waals surface area contributed by atoms with E-state index in [1.807, 2.05) is 0 Å². The van der Waals surface area contributed by atoms with Crippen molar-refractivity contribution in [3.63, 3.8) is 0 Å². The van der Waals surface area contributed by atoms with Crippen molar-refractivity contribution in [2.24, 2.45) is 0 Å². The zero-order valence-electron chi connectivity index (χ0n) is 15.0. The van der Waals surface area contributed by atoms with Gasteiger partial charge in [-0.2, -0.15) is 4.98 Å². The molecule has 0 saturated heterocycles. The van der Waals surface area contributed by atoms with Crippen molar-refractivity contribution >= 4 is 5.97 Å². The second-order valence-electron chi connectivity index (χ2n) is 5.45. The number of nitrogens with zero attached hydrogens (tertiary/aromatic N) is 2. The van der Waals surface area contributed by atoms with Crippen LogP contribution in [0.4, 0.5) is 4.39 Å². The van der Waals surface area contributed by atoms with E-state index in [2.05, 4.69) is 10.1 Å². The van der Waals surface area contributed by atoms with Crippen LogP contribution in [-0.2, 0) is 22.7 Å². The van der Waals surface area contributed by atoms with E-state index in [-0.39, 0.29) is 37.4 Å². The summed E-state index contributed by atoms with van der Waals surface area (Å²) in [6.07, 6.45) is 0. The molecule has 0 fully saturated rings. The predicted molar refractivity (Wildman–Crippen MR) is 93.3 cm³/mol. The SMILES string of the molecule is COc1ccccc1OCC(=O)OCc1nc(COc2ccc(F)cc2)no1. The van der Waals surface area contributed by atoms with Crippen LogP contribution in [0.2, 0.25) is 0 Å². The number of aromatic nitrogens is 2. The number of carbonyl (C=O) groups is 1. The van der Waals surface area contributed by atoms with Crippen molar-refractivity contribution in [1.29, 1.82) is 0 Å². The minimum atomic E-state index is -0.604. The molecule has 2 aromatic carbocycles. The van der Waals surface area contributed by atoms with Gasteiger partial charge in [-0.05, 0) is 36.4 Å². The largest absolute Gasteiger partial charge is 0.493 e. The molecule has 0 saturated carbocycles.